The summed E-state index contributed by atoms with van der Waals surface area (Å²) in [5.74, 6) is 0.981. The van der Waals surface area contributed by atoms with Crippen molar-refractivity contribution in [2.75, 3.05) is 18.8 Å². The fraction of sp³-hybridized carbons (Fsp3) is 0.680. The molecule has 0 radical (unpaired) electrons. The van der Waals surface area contributed by atoms with Crippen LogP contribution in [0.4, 0.5) is 0 Å². The largest absolute Gasteiger partial charge is 0.215 e. The van der Waals surface area contributed by atoms with Crippen molar-refractivity contribution in [1.29, 1.82) is 0 Å². The molecule has 1 aliphatic rings. The molecule has 2 atom stereocenters. The molecule has 1 aromatic carbocycles. The Bertz CT molecular complexity index is 968. The second-order valence-corrected chi connectivity index (χ2v) is 13.8. The van der Waals surface area contributed by atoms with E-state index in [4.69, 9.17) is 0 Å². The minimum atomic E-state index is -3.21. The zero-order valence-corrected chi connectivity index (χ0v) is 22.3. The molecular weight excluding hydrogens is 456 g/mol. The number of rotatable bonds is 14. The highest BCUT2D eigenvalue weighted by Gasteiger charge is 2.23. The first kappa shape index (κ1) is 28.0. The molecule has 0 fully saturated rings. The third kappa shape index (κ3) is 9.51. The van der Waals surface area contributed by atoms with Gasteiger partial charge in [0.1, 0.15) is 0 Å². The summed E-state index contributed by atoms with van der Waals surface area (Å²) in [6, 6.07) is 8.41. The van der Waals surface area contributed by atoms with E-state index in [-0.39, 0.29) is 5.75 Å². The molecule has 2 unspecified atom stereocenters. The molecule has 2 N–H and O–H groups in total. The molecule has 0 bridgehead atoms. The van der Waals surface area contributed by atoms with E-state index in [1.54, 1.807) is 13.8 Å². The standard InChI is InChI=1S/C25H42N2O4S2/c1-5-6-7-18-32(28,29)26-17-16-22-8-10-24(11-9-22)25-14-12-23(13-15-25)21(4)19-27-33(30,31)20(2)3/h8-11,14,20-21,23,26-27H,5-7,12-13,15-19H2,1-4H3. The SMILES string of the molecule is CCCCCS(=O)(=O)NCCc1ccc(C2=CCC(C(C)CNS(=O)(=O)C(C)C)CC2)cc1. The highest BCUT2D eigenvalue weighted by atomic mass is 32.2. The lowest BCUT2D eigenvalue weighted by molar-refractivity contribution is 0.334. The van der Waals surface area contributed by atoms with Gasteiger partial charge in [0.25, 0.3) is 0 Å². The highest BCUT2D eigenvalue weighted by Crippen LogP contribution is 2.34. The smallest absolute Gasteiger partial charge is 0.213 e. The van der Waals surface area contributed by atoms with Crippen molar-refractivity contribution in [1.82, 2.24) is 9.44 Å². The van der Waals surface area contributed by atoms with Crippen LogP contribution in [0.25, 0.3) is 5.57 Å². The van der Waals surface area contributed by atoms with E-state index < -0.39 is 25.3 Å². The van der Waals surface area contributed by atoms with Gasteiger partial charge in [0.05, 0.1) is 11.0 Å². The Kier molecular flexibility index (Phi) is 11.1. The molecule has 0 saturated carbocycles. The van der Waals surface area contributed by atoms with Gasteiger partial charge >= 0.3 is 0 Å². The molecule has 188 valence electrons. The number of allylic oxidation sites excluding steroid dienone is 2. The molecule has 0 amide bonds. The summed E-state index contributed by atoms with van der Waals surface area (Å²) in [5, 5.41) is -0.406. The van der Waals surface area contributed by atoms with Crippen LogP contribution in [0.1, 0.15) is 77.3 Å². The third-order valence-electron chi connectivity index (χ3n) is 6.56. The van der Waals surface area contributed by atoms with Crippen LogP contribution in [0.15, 0.2) is 30.3 Å². The Morgan fingerprint density at radius 1 is 1.00 bits per heavy atom. The molecule has 2 rings (SSSR count). The number of nitrogens with one attached hydrogen (secondary N) is 2. The van der Waals surface area contributed by atoms with Gasteiger partial charge in [-0.15, -0.1) is 0 Å². The second-order valence-electron chi connectivity index (χ2n) is 9.55. The summed E-state index contributed by atoms with van der Waals surface area (Å²) < 4.78 is 53.4. The van der Waals surface area contributed by atoms with Crippen molar-refractivity contribution in [3.8, 4) is 0 Å². The lowest BCUT2D eigenvalue weighted by atomic mass is 9.80. The van der Waals surface area contributed by atoms with Crippen LogP contribution in [-0.4, -0.2) is 40.9 Å². The Hall–Kier alpha value is -1.22. The maximum Gasteiger partial charge on any atom is 0.213 e. The highest BCUT2D eigenvalue weighted by molar-refractivity contribution is 7.90. The number of hydrogen-bond donors (Lipinski definition) is 2. The van der Waals surface area contributed by atoms with Gasteiger partial charge in [-0.05, 0) is 74.5 Å². The molecule has 0 heterocycles. The first-order chi connectivity index (χ1) is 15.5. The van der Waals surface area contributed by atoms with Crippen LogP contribution in [0.5, 0.6) is 0 Å². The van der Waals surface area contributed by atoms with E-state index >= 15 is 0 Å². The molecule has 33 heavy (non-hydrogen) atoms. The van der Waals surface area contributed by atoms with Gasteiger partial charge in [0.15, 0.2) is 0 Å². The van der Waals surface area contributed by atoms with Crippen LogP contribution in [0.3, 0.4) is 0 Å². The number of unbranched alkanes of at least 4 members (excludes halogenated alkanes) is 2. The van der Waals surface area contributed by atoms with Gasteiger partial charge in [-0.25, -0.2) is 26.3 Å². The average Bonchev–Trinajstić information content (AvgIpc) is 2.78. The van der Waals surface area contributed by atoms with Crippen LogP contribution in [0.2, 0.25) is 0 Å². The third-order valence-corrected chi connectivity index (χ3v) is 9.84. The fourth-order valence-corrected chi connectivity index (χ4v) is 6.04. The summed E-state index contributed by atoms with van der Waals surface area (Å²) in [6.45, 7) is 8.50. The van der Waals surface area contributed by atoms with E-state index in [1.807, 2.05) is 0 Å². The summed E-state index contributed by atoms with van der Waals surface area (Å²) in [4.78, 5) is 0. The lowest BCUT2D eigenvalue weighted by Crippen LogP contribution is -2.36. The predicted octanol–water partition coefficient (Wildman–Crippen LogP) is 4.49. The molecule has 1 aliphatic carbocycles. The number of benzene rings is 1. The lowest BCUT2D eigenvalue weighted by Gasteiger charge is -2.28. The Morgan fingerprint density at radius 2 is 1.70 bits per heavy atom. The zero-order valence-electron chi connectivity index (χ0n) is 20.6. The topological polar surface area (TPSA) is 92.3 Å². The van der Waals surface area contributed by atoms with E-state index in [9.17, 15) is 16.8 Å². The summed E-state index contributed by atoms with van der Waals surface area (Å²) in [6.07, 6.45) is 8.64. The molecule has 8 heteroatoms. The summed E-state index contributed by atoms with van der Waals surface area (Å²) in [5.41, 5.74) is 3.67. The van der Waals surface area contributed by atoms with Crippen LogP contribution in [-0.2, 0) is 26.5 Å². The fourth-order valence-electron chi connectivity index (χ4n) is 4.07. The number of hydrogen-bond acceptors (Lipinski definition) is 4. The minimum absolute atomic E-state index is 0.206. The van der Waals surface area contributed by atoms with Gasteiger partial charge in [-0.3, -0.25) is 0 Å². The maximum absolute atomic E-state index is 12.0. The van der Waals surface area contributed by atoms with Gasteiger partial charge < -0.3 is 0 Å². The van der Waals surface area contributed by atoms with Crippen molar-refractivity contribution < 1.29 is 16.8 Å². The van der Waals surface area contributed by atoms with E-state index in [0.717, 1.165) is 37.7 Å². The van der Waals surface area contributed by atoms with Crippen LogP contribution in [0, 0.1) is 11.8 Å². The Morgan fingerprint density at radius 3 is 2.27 bits per heavy atom. The van der Waals surface area contributed by atoms with Gasteiger partial charge in [-0.2, -0.15) is 0 Å². The molecular formula is C25H42N2O4S2. The summed E-state index contributed by atoms with van der Waals surface area (Å²) >= 11 is 0. The quantitative estimate of drug-likeness (QED) is 0.370. The molecule has 0 saturated heterocycles. The Labute approximate surface area is 201 Å². The van der Waals surface area contributed by atoms with Crippen molar-refractivity contribution in [3.63, 3.8) is 0 Å². The minimum Gasteiger partial charge on any atom is -0.215 e. The summed E-state index contributed by atoms with van der Waals surface area (Å²) in [7, 11) is -6.39. The van der Waals surface area contributed by atoms with Gasteiger partial charge in [0, 0.05) is 13.1 Å². The maximum atomic E-state index is 12.0. The normalized spacial score (nSPS) is 18.3. The van der Waals surface area contributed by atoms with E-state index in [1.165, 1.54) is 11.1 Å². The zero-order chi connectivity index (χ0) is 24.5. The van der Waals surface area contributed by atoms with Crippen LogP contribution >= 0.6 is 0 Å². The second kappa shape index (κ2) is 13.0. The van der Waals surface area contributed by atoms with E-state index in [0.29, 0.717) is 37.8 Å². The first-order valence-electron chi connectivity index (χ1n) is 12.3. The number of sulfonamides is 2. The van der Waals surface area contributed by atoms with Gasteiger partial charge in [0.2, 0.25) is 20.0 Å². The molecule has 0 spiro atoms. The van der Waals surface area contributed by atoms with Crippen molar-refractivity contribution in [2.45, 2.75) is 77.9 Å². The van der Waals surface area contributed by atoms with Crippen molar-refractivity contribution in [3.05, 3.63) is 41.5 Å². The van der Waals surface area contributed by atoms with Crippen molar-refractivity contribution in [2.24, 2.45) is 11.8 Å². The first-order valence-corrected chi connectivity index (χ1v) is 15.5. The van der Waals surface area contributed by atoms with Crippen LogP contribution < -0.4 is 9.44 Å². The predicted molar refractivity (Wildman–Crippen MR) is 138 cm³/mol. The van der Waals surface area contributed by atoms with E-state index in [2.05, 4.69) is 53.6 Å². The van der Waals surface area contributed by atoms with Crippen molar-refractivity contribution >= 4 is 25.6 Å². The molecule has 6 nitrogen and oxygen atoms in total. The molecule has 0 aliphatic heterocycles. The Balaban J connectivity index is 1.81. The monoisotopic (exact) mass is 498 g/mol. The molecule has 1 aromatic rings. The molecule has 0 aromatic heterocycles. The van der Waals surface area contributed by atoms with Gasteiger partial charge in [-0.1, -0.05) is 57.0 Å². The average molecular weight is 499 g/mol.